The highest BCUT2D eigenvalue weighted by atomic mass is 16.3. The molecule has 0 amide bonds. The number of hydrogen-bond donors (Lipinski definition) is 1. The second kappa shape index (κ2) is 10.0. The number of aliphatic hydroxyl groups is 1. The van der Waals surface area contributed by atoms with Gasteiger partial charge in [-0.15, -0.1) is 0 Å². The van der Waals surface area contributed by atoms with Gasteiger partial charge in [0.25, 0.3) is 0 Å². The molecule has 3 aromatic rings. The third kappa shape index (κ3) is 5.00. The number of aromatic nitrogens is 2. The zero-order valence-corrected chi connectivity index (χ0v) is 20.7. The Hall–Kier alpha value is -3.47. The molecule has 2 heterocycles. The summed E-state index contributed by atoms with van der Waals surface area (Å²) in [4.78, 5) is 24.7. The van der Waals surface area contributed by atoms with Crippen LogP contribution < -0.4 is 4.90 Å². The Morgan fingerprint density at radius 3 is 2.06 bits per heavy atom. The summed E-state index contributed by atoms with van der Waals surface area (Å²) in [5.74, 6) is 1.40. The maximum atomic E-state index is 12.0. The van der Waals surface area contributed by atoms with Crippen molar-refractivity contribution in [1.29, 1.82) is 0 Å². The van der Waals surface area contributed by atoms with Gasteiger partial charge >= 0.3 is 0 Å². The smallest absolute Gasteiger partial charge is 0.162 e. The first-order valence-electron chi connectivity index (χ1n) is 12.7. The van der Waals surface area contributed by atoms with Crippen molar-refractivity contribution in [3.63, 3.8) is 0 Å². The molecule has 2 aliphatic rings. The van der Waals surface area contributed by atoms with Crippen LogP contribution in [0, 0.1) is 13.8 Å². The van der Waals surface area contributed by atoms with E-state index < -0.39 is 0 Å². The molecule has 1 aliphatic carbocycles. The highest BCUT2D eigenvalue weighted by Crippen LogP contribution is 2.35. The second-order valence-electron chi connectivity index (χ2n) is 9.82. The number of carbonyl (C=O) groups excluding carboxylic acids is 1. The lowest BCUT2D eigenvalue weighted by Gasteiger charge is -2.30. The molecular weight excluding hydrogens is 434 g/mol. The van der Waals surface area contributed by atoms with E-state index in [1.807, 2.05) is 0 Å². The zero-order valence-electron chi connectivity index (χ0n) is 20.7. The number of ketones is 1. The Kier molecular flexibility index (Phi) is 6.67. The number of anilines is 1. The van der Waals surface area contributed by atoms with E-state index in [-0.39, 0.29) is 5.78 Å². The lowest BCUT2D eigenvalue weighted by atomic mass is 10.0. The van der Waals surface area contributed by atoms with Gasteiger partial charge in [-0.2, -0.15) is 0 Å². The van der Waals surface area contributed by atoms with Crippen molar-refractivity contribution in [2.75, 3.05) is 18.0 Å². The fourth-order valence-electron chi connectivity index (χ4n) is 5.05. The zero-order chi connectivity index (χ0) is 24.4. The fraction of sp³-hybridized carbons (Fsp3) is 0.367. The van der Waals surface area contributed by atoms with Gasteiger partial charge in [-0.05, 0) is 46.0 Å². The number of rotatable bonds is 7. The monoisotopic (exact) mass is 467 g/mol. The molecule has 0 spiro atoms. The first kappa shape index (κ1) is 23.3. The van der Waals surface area contributed by atoms with E-state index in [0.717, 1.165) is 72.8 Å². The van der Waals surface area contributed by atoms with E-state index in [4.69, 9.17) is 9.97 Å². The predicted octanol–water partition coefficient (Wildman–Crippen LogP) is 6.53. The van der Waals surface area contributed by atoms with Gasteiger partial charge in [-0.3, -0.25) is 4.79 Å². The van der Waals surface area contributed by atoms with Crippen LogP contribution in [-0.2, 0) is 11.2 Å². The Bertz CT molecular complexity index is 1260. The molecule has 1 N–H and O–H groups in total. The molecule has 0 bridgehead atoms. The third-order valence-electron chi connectivity index (χ3n) is 7.12. The summed E-state index contributed by atoms with van der Waals surface area (Å²) >= 11 is 0. The van der Waals surface area contributed by atoms with Crippen molar-refractivity contribution in [3.8, 4) is 22.5 Å². The summed E-state index contributed by atoms with van der Waals surface area (Å²) in [7, 11) is 0. The quantitative estimate of drug-likeness (QED) is 0.400. The lowest BCUT2D eigenvalue weighted by Crippen LogP contribution is -2.32. The SMILES string of the molecule is Cc1ccc(-c2nc3c(nc2-c2ccc(C)cc2)N(CCCCC2=C(O)CCC2=O)CCC3)cc1. The summed E-state index contributed by atoms with van der Waals surface area (Å²) in [6.07, 6.45) is 5.46. The minimum Gasteiger partial charge on any atom is -0.512 e. The molecule has 0 atom stereocenters. The number of aryl methyl sites for hydroxylation is 3. The van der Waals surface area contributed by atoms with E-state index in [0.29, 0.717) is 30.6 Å². The van der Waals surface area contributed by atoms with Crippen LogP contribution in [-0.4, -0.2) is 33.9 Å². The number of Topliss-reactive ketones (excluding diaryl/α,β-unsaturated/α-hetero) is 1. The largest absolute Gasteiger partial charge is 0.512 e. The number of fused-ring (bicyclic) bond motifs is 1. The molecule has 0 fully saturated rings. The number of unbranched alkanes of at least 4 members (excludes halogenated alkanes) is 1. The summed E-state index contributed by atoms with van der Waals surface area (Å²) in [6, 6.07) is 17.1. The van der Waals surface area contributed by atoms with E-state index >= 15 is 0 Å². The summed E-state index contributed by atoms with van der Waals surface area (Å²) in [5.41, 5.74) is 8.19. The van der Waals surface area contributed by atoms with Gasteiger partial charge in [0.05, 0.1) is 22.8 Å². The van der Waals surface area contributed by atoms with Crippen molar-refractivity contribution in [1.82, 2.24) is 9.97 Å². The number of carbonyl (C=O) groups is 1. The van der Waals surface area contributed by atoms with E-state index in [2.05, 4.69) is 67.3 Å². The maximum Gasteiger partial charge on any atom is 0.162 e. The first-order valence-corrected chi connectivity index (χ1v) is 12.7. The molecule has 0 radical (unpaired) electrons. The summed E-state index contributed by atoms with van der Waals surface area (Å²) < 4.78 is 0. The van der Waals surface area contributed by atoms with Crippen LogP contribution in [0.15, 0.2) is 59.9 Å². The molecule has 35 heavy (non-hydrogen) atoms. The summed E-state index contributed by atoms with van der Waals surface area (Å²) in [6.45, 7) is 6.04. The van der Waals surface area contributed by atoms with E-state index in [1.165, 1.54) is 11.1 Å². The Balaban J connectivity index is 1.42. The minimum atomic E-state index is 0.114. The minimum absolute atomic E-state index is 0.114. The number of aliphatic hydroxyl groups excluding tert-OH is 1. The molecule has 5 heteroatoms. The van der Waals surface area contributed by atoms with Crippen LogP contribution in [0.2, 0.25) is 0 Å². The van der Waals surface area contributed by atoms with Gasteiger partial charge in [-0.1, -0.05) is 59.7 Å². The molecular formula is C30H33N3O2. The molecule has 180 valence electrons. The molecule has 0 saturated heterocycles. The maximum absolute atomic E-state index is 12.0. The Morgan fingerprint density at radius 1 is 0.829 bits per heavy atom. The second-order valence-corrected chi connectivity index (χ2v) is 9.82. The van der Waals surface area contributed by atoms with Gasteiger partial charge in [-0.25, -0.2) is 9.97 Å². The molecule has 1 aliphatic heterocycles. The fourth-order valence-corrected chi connectivity index (χ4v) is 5.05. The topological polar surface area (TPSA) is 66.3 Å². The van der Waals surface area contributed by atoms with Gasteiger partial charge in [0.2, 0.25) is 0 Å². The van der Waals surface area contributed by atoms with Crippen molar-refractivity contribution < 1.29 is 9.90 Å². The highest BCUT2D eigenvalue weighted by molar-refractivity contribution is 5.98. The lowest BCUT2D eigenvalue weighted by molar-refractivity contribution is -0.115. The average molecular weight is 468 g/mol. The van der Waals surface area contributed by atoms with E-state index in [1.54, 1.807) is 0 Å². The van der Waals surface area contributed by atoms with Crippen molar-refractivity contribution in [2.45, 2.75) is 58.8 Å². The molecule has 5 rings (SSSR count). The number of nitrogens with zero attached hydrogens (tertiary/aromatic N) is 3. The molecule has 5 nitrogen and oxygen atoms in total. The normalized spacial score (nSPS) is 15.6. The Labute approximate surface area is 207 Å². The molecule has 0 saturated carbocycles. The predicted molar refractivity (Wildman–Crippen MR) is 141 cm³/mol. The third-order valence-corrected chi connectivity index (χ3v) is 7.12. The number of hydrogen-bond acceptors (Lipinski definition) is 5. The van der Waals surface area contributed by atoms with Crippen LogP contribution in [0.25, 0.3) is 22.5 Å². The molecule has 2 aromatic carbocycles. The van der Waals surface area contributed by atoms with Crippen LogP contribution in [0.4, 0.5) is 5.82 Å². The van der Waals surface area contributed by atoms with Crippen molar-refractivity contribution in [2.24, 2.45) is 0 Å². The van der Waals surface area contributed by atoms with Crippen LogP contribution >= 0.6 is 0 Å². The van der Waals surface area contributed by atoms with Crippen LogP contribution in [0.1, 0.15) is 55.3 Å². The van der Waals surface area contributed by atoms with Gasteiger partial charge in [0.1, 0.15) is 0 Å². The van der Waals surface area contributed by atoms with Crippen LogP contribution in [0.3, 0.4) is 0 Å². The van der Waals surface area contributed by atoms with E-state index in [9.17, 15) is 9.90 Å². The van der Waals surface area contributed by atoms with Crippen molar-refractivity contribution in [3.05, 3.63) is 76.7 Å². The number of benzene rings is 2. The van der Waals surface area contributed by atoms with Gasteiger partial charge < -0.3 is 10.0 Å². The van der Waals surface area contributed by atoms with Crippen molar-refractivity contribution >= 4 is 11.6 Å². The Morgan fingerprint density at radius 2 is 1.46 bits per heavy atom. The molecule has 0 unspecified atom stereocenters. The first-order chi connectivity index (χ1) is 17.0. The standard InChI is InChI=1S/C30H33N3O2/c1-20-8-12-22(13-9-20)28-29(23-14-10-21(2)11-15-23)32-30-25(31-28)7-5-19-33(30)18-4-3-6-24-26(34)16-17-27(24)35/h8-15,34H,3-7,16-19H2,1-2H3. The molecule has 1 aromatic heterocycles. The van der Waals surface area contributed by atoms with Gasteiger partial charge in [0, 0.05) is 42.6 Å². The number of allylic oxidation sites excluding steroid dienone is 2. The summed E-state index contributed by atoms with van der Waals surface area (Å²) in [5, 5.41) is 9.96. The average Bonchev–Trinajstić information content (AvgIpc) is 3.19. The van der Waals surface area contributed by atoms with Crippen LogP contribution in [0.5, 0.6) is 0 Å². The highest BCUT2D eigenvalue weighted by Gasteiger charge is 2.25. The van der Waals surface area contributed by atoms with Gasteiger partial charge in [0.15, 0.2) is 11.6 Å².